The van der Waals surface area contributed by atoms with Crippen LogP contribution < -0.4 is 5.32 Å². The van der Waals surface area contributed by atoms with E-state index in [1.165, 1.54) is 0 Å². The van der Waals surface area contributed by atoms with E-state index in [1.807, 2.05) is 31.2 Å². The van der Waals surface area contributed by atoms with Crippen molar-refractivity contribution in [3.8, 4) is 0 Å². The summed E-state index contributed by atoms with van der Waals surface area (Å²) in [5.74, 6) is -0.979. The number of carbonyl (C=O) groups is 3. The Morgan fingerprint density at radius 3 is 2.58 bits per heavy atom. The van der Waals surface area contributed by atoms with Crippen molar-refractivity contribution in [1.82, 2.24) is 10.2 Å². The summed E-state index contributed by atoms with van der Waals surface area (Å²) < 4.78 is 0. The predicted octanol–water partition coefficient (Wildman–Crippen LogP) is 2.61. The van der Waals surface area contributed by atoms with Crippen LogP contribution >= 0.6 is 0 Å². The van der Waals surface area contributed by atoms with Crippen LogP contribution in [0.15, 0.2) is 24.3 Å². The summed E-state index contributed by atoms with van der Waals surface area (Å²) in [6.07, 6.45) is 3.99. The molecule has 0 aliphatic carbocycles. The van der Waals surface area contributed by atoms with Gasteiger partial charge in [0.2, 0.25) is 5.91 Å². The summed E-state index contributed by atoms with van der Waals surface area (Å²) in [5, 5.41) is 11.5. The molecule has 2 amide bonds. The third-order valence-electron chi connectivity index (χ3n) is 4.74. The summed E-state index contributed by atoms with van der Waals surface area (Å²) >= 11 is 0. The molecule has 0 bridgehead atoms. The van der Waals surface area contributed by atoms with Gasteiger partial charge in [0.1, 0.15) is 0 Å². The number of unbranched alkanes of at least 4 members (excludes halogenated alkanes) is 2. The molecule has 2 rings (SSSR count). The number of rotatable bonds is 8. The van der Waals surface area contributed by atoms with Crippen molar-refractivity contribution >= 4 is 17.8 Å². The van der Waals surface area contributed by atoms with Gasteiger partial charge in [0.25, 0.3) is 5.91 Å². The van der Waals surface area contributed by atoms with E-state index in [4.69, 9.17) is 5.11 Å². The number of benzene rings is 1. The summed E-state index contributed by atoms with van der Waals surface area (Å²) in [7, 11) is 0. The zero-order valence-corrected chi connectivity index (χ0v) is 15.4. The number of likely N-dealkylation sites (tertiary alicyclic amines) is 1. The lowest BCUT2D eigenvalue weighted by Crippen LogP contribution is -2.45. The minimum absolute atomic E-state index is 0.00959. The Kier molecular flexibility index (Phi) is 7.63. The van der Waals surface area contributed by atoms with E-state index in [2.05, 4.69) is 5.32 Å². The fraction of sp³-hybridized carbons (Fsp3) is 0.550. The van der Waals surface area contributed by atoms with E-state index >= 15 is 0 Å². The molecule has 1 aromatic rings. The summed E-state index contributed by atoms with van der Waals surface area (Å²) in [4.78, 5) is 37.2. The van der Waals surface area contributed by atoms with Gasteiger partial charge in [-0.15, -0.1) is 0 Å². The van der Waals surface area contributed by atoms with Gasteiger partial charge >= 0.3 is 5.97 Å². The molecule has 0 aromatic heterocycles. The SMILES string of the molecule is Cc1ccc(C(=O)N2CCCC(C(=O)NCCCCCC(=O)O)C2)cc1. The molecule has 1 atom stereocenters. The van der Waals surface area contributed by atoms with Gasteiger partial charge in [-0.2, -0.15) is 0 Å². The Labute approximate surface area is 154 Å². The Bertz CT molecular complexity index is 627. The molecule has 2 N–H and O–H groups in total. The van der Waals surface area contributed by atoms with Crippen molar-refractivity contribution in [1.29, 1.82) is 0 Å². The van der Waals surface area contributed by atoms with E-state index in [0.717, 1.165) is 31.2 Å². The first-order chi connectivity index (χ1) is 12.5. The summed E-state index contributed by atoms with van der Waals surface area (Å²) in [6.45, 7) is 3.68. The van der Waals surface area contributed by atoms with Crippen molar-refractivity contribution in [3.05, 3.63) is 35.4 Å². The maximum atomic E-state index is 12.6. The van der Waals surface area contributed by atoms with E-state index in [-0.39, 0.29) is 24.2 Å². The predicted molar refractivity (Wildman–Crippen MR) is 98.9 cm³/mol. The molecule has 1 aliphatic heterocycles. The van der Waals surface area contributed by atoms with Gasteiger partial charge < -0.3 is 15.3 Å². The molecule has 1 heterocycles. The molecule has 1 saturated heterocycles. The van der Waals surface area contributed by atoms with Crippen LogP contribution in [0.2, 0.25) is 0 Å². The van der Waals surface area contributed by atoms with Gasteiger partial charge in [0.05, 0.1) is 5.92 Å². The molecule has 1 aliphatic rings. The van der Waals surface area contributed by atoms with Crippen LogP contribution in [0.4, 0.5) is 0 Å². The molecule has 1 fully saturated rings. The maximum absolute atomic E-state index is 12.6. The number of hydrogen-bond acceptors (Lipinski definition) is 3. The Morgan fingerprint density at radius 2 is 1.88 bits per heavy atom. The maximum Gasteiger partial charge on any atom is 0.303 e. The second kappa shape index (κ2) is 9.94. The Balaban J connectivity index is 1.76. The number of nitrogens with zero attached hydrogens (tertiary/aromatic N) is 1. The van der Waals surface area contributed by atoms with Crippen LogP contribution in [-0.4, -0.2) is 47.4 Å². The highest BCUT2D eigenvalue weighted by Gasteiger charge is 2.28. The first-order valence-electron chi connectivity index (χ1n) is 9.33. The van der Waals surface area contributed by atoms with Crippen molar-refractivity contribution in [2.75, 3.05) is 19.6 Å². The standard InChI is InChI=1S/C20H28N2O4/c1-15-8-10-16(11-9-15)20(26)22-13-5-6-17(14-22)19(25)21-12-4-2-3-7-18(23)24/h8-11,17H,2-7,12-14H2,1H3,(H,21,25)(H,23,24). The Morgan fingerprint density at radius 1 is 1.15 bits per heavy atom. The fourth-order valence-electron chi connectivity index (χ4n) is 3.19. The largest absolute Gasteiger partial charge is 0.481 e. The number of nitrogens with one attached hydrogen (secondary N) is 1. The van der Waals surface area contributed by atoms with E-state index in [1.54, 1.807) is 4.90 Å². The third kappa shape index (κ3) is 6.17. The van der Waals surface area contributed by atoms with Gasteiger partial charge in [0, 0.05) is 31.6 Å². The molecule has 142 valence electrons. The first kappa shape index (κ1) is 19.9. The van der Waals surface area contributed by atoms with E-state index in [9.17, 15) is 14.4 Å². The summed E-state index contributed by atoms with van der Waals surface area (Å²) in [5.41, 5.74) is 1.77. The van der Waals surface area contributed by atoms with Crippen LogP contribution in [0.25, 0.3) is 0 Å². The normalized spacial score (nSPS) is 17.0. The second-order valence-electron chi connectivity index (χ2n) is 6.95. The van der Waals surface area contributed by atoms with Crippen LogP contribution in [0.5, 0.6) is 0 Å². The molecule has 6 heteroatoms. The number of amides is 2. The number of carboxylic acid groups (broad SMARTS) is 1. The molecule has 26 heavy (non-hydrogen) atoms. The highest BCUT2D eigenvalue weighted by molar-refractivity contribution is 5.94. The molecule has 0 spiro atoms. The highest BCUT2D eigenvalue weighted by atomic mass is 16.4. The van der Waals surface area contributed by atoms with Gasteiger partial charge in [-0.3, -0.25) is 14.4 Å². The van der Waals surface area contributed by atoms with Crippen molar-refractivity contribution in [2.24, 2.45) is 5.92 Å². The number of carboxylic acids is 1. The minimum atomic E-state index is -0.783. The lowest BCUT2D eigenvalue weighted by atomic mass is 9.96. The number of hydrogen-bond donors (Lipinski definition) is 2. The monoisotopic (exact) mass is 360 g/mol. The minimum Gasteiger partial charge on any atom is -0.481 e. The Hall–Kier alpha value is -2.37. The highest BCUT2D eigenvalue weighted by Crippen LogP contribution is 2.19. The molecule has 0 radical (unpaired) electrons. The van der Waals surface area contributed by atoms with E-state index < -0.39 is 5.97 Å². The average Bonchev–Trinajstić information content (AvgIpc) is 2.64. The third-order valence-corrected chi connectivity index (χ3v) is 4.74. The van der Waals surface area contributed by atoms with Gasteiger partial charge in [-0.25, -0.2) is 0 Å². The van der Waals surface area contributed by atoms with Crippen LogP contribution in [0, 0.1) is 12.8 Å². The van der Waals surface area contributed by atoms with Crippen molar-refractivity contribution in [2.45, 2.75) is 45.4 Å². The molecule has 1 unspecified atom stereocenters. The van der Waals surface area contributed by atoms with Crippen molar-refractivity contribution < 1.29 is 19.5 Å². The van der Waals surface area contributed by atoms with E-state index in [0.29, 0.717) is 31.6 Å². The molecular formula is C20H28N2O4. The molecular weight excluding hydrogens is 332 g/mol. The zero-order valence-electron chi connectivity index (χ0n) is 15.4. The lowest BCUT2D eigenvalue weighted by molar-refractivity contribution is -0.137. The van der Waals surface area contributed by atoms with Gasteiger partial charge in [0.15, 0.2) is 0 Å². The van der Waals surface area contributed by atoms with Crippen LogP contribution in [0.1, 0.15) is 54.4 Å². The summed E-state index contributed by atoms with van der Waals surface area (Å²) in [6, 6.07) is 7.51. The van der Waals surface area contributed by atoms with Crippen LogP contribution in [0.3, 0.4) is 0 Å². The average molecular weight is 360 g/mol. The number of piperidine rings is 1. The second-order valence-corrected chi connectivity index (χ2v) is 6.95. The number of aliphatic carboxylic acids is 1. The zero-order chi connectivity index (χ0) is 18.9. The van der Waals surface area contributed by atoms with Gasteiger partial charge in [-0.05, 0) is 44.7 Å². The number of aryl methyl sites for hydroxylation is 1. The molecule has 0 saturated carbocycles. The van der Waals surface area contributed by atoms with Crippen LogP contribution in [-0.2, 0) is 9.59 Å². The molecule has 6 nitrogen and oxygen atoms in total. The topological polar surface area (TPSA) is 86.7 Å². The lowest BCUT2D eigenvalue weighted by Gasteiger charge is -2.32. The first-order valence-corrected chi connectivity index (χ1v) is 9.33. The smallest absolute Gasteiger partial charge is 0.303 e. The van der Waals surface area contributed by atoms with Gasteiger partial charge in [-0.1, -0.05) is 24.1 Å². The number of carbonyl (C=O) groups excluding carboxylic acids is 2. The molecule has 1 aromatic carbocycles. The fourth-order valence-corrected chi connectivity index (χ4v) is 3.19. The quantitative estimate of drug-likeness (QED) is 0.698. The van der Waals surface area contributed by atoms with Crippen molar-refractivity contribution in [3.63, 3.8) is 0 Å².